The molecule has 2 aromatic heterocycles. The van der Waals surface area contributed by atoms with Crippen LogP contribution in [-0.2, 0) is 0 Å². The first-order valence-electron chi connectivity index (χ1n) is 9.15. The van der Waals surface area contributed by atoms with Gasteiger partial charge in [-0.1, -0.05) is 48.5 Å². The number of rotatable bonds is 1. The second kappa shape index (κ2) is 4.73. The zero-order valence-corrected chi connectivity index (χ0v) is 15.2. The van der Waals surface area contributed by atoms with Gasteiger partial charge in [0.2, 0.25) is 0 Å². The van der Waals surface area contributed by atoms with Crippen LogP contribution in [0.2, 0.25) is 0 Å². The summed E-state index contributed by atoms with van der Waals surface area (Å²) in [5.74, 6) is 0. The Kier molecular flexibility index (Phi) is 2.44. The zero-order valence-electron chi connectivity index (χ0n) is 14.4. The third-order valence-corrected chi connectivity index (χ3v) is 7.01. The monoisotopic (exact) mass is 359 g/mol. The predicted molar refractivity (Wildman–Crippen MR) is 117 cm³/mol. The summed E-state index contributed by atoms with van der Waals surface area (Å²) in [5, 5.41) is 11.0. The third-order valence-electron chi connectivity index (χ3n) is 5.82. The Morgan fingerprint density at radius 2 is 1.48 bits per heavy atom. The maximum Gasteiger partial charge on any atom is 0.0716 e. The average molecular weight is 359 g/mol. The Bertz CT molecular complexity index is 1610. The van der Waals surface area contributed by atoms with Crippen molar-refractivity contribution >= 4 is 63.8 Å². The summed E-state index contributed by atoms with van der Waals surface area (Å²) >= 11 is 1.90. The van der Waals surface area contributed by atoms with Gasteiger partial charge in [0.1, 0.15) is 0 Å². The molecular weight excluding hydrogens is 346 g/mol. The van der Waals surface area contributed by atoms with E-state index in [1.54, 1.807) is 0 Å². The molecule has 124 valence electrons. The van der Waals surface area contributed by atoms with Crippen molar-refractivity contribution in [1.29, 1.82) is 0 Å². The van der Waals surface area contributed by atoms with Crippen LogP contribution in [0.3, 0.4) is 0 Å². The van der Waals surface area contributed by atoms with Gasteiger partial charge in [-0.15, -0.1) is 11.3 Å². The Hall–Kier alpha value is -3.23. The van der Waals surface area contributed by atoms with E-state index in [0.717, 1.165) is 5.69 Å². The Labute approximate surface area is 159 Å². The molecule has 7 rings (SSSR count). The van der Waals surface area contributed by atoms with Crippen LogP contribution < -0.4 is 0 Å². The number of aromatic nitrogens is 1. The van der Waals surface area contributed by atoms with Crippen molar-refractivity contribution in [3.05, 3.63) is 79.0 Å². The molecule has 0 bridgehead atoms. The van der Waals surface area contributed by atoms with Gasteiger partial charge in [0.05, 0.1) is 5.69 Å². The molecule has 0 saturated heterocycles. The van der Waals surface area contributed by atoms with E-state index in [0.29, 0.717) is 0 Å². The molecule has 0 aliphatic rings. The molecule has 5 aromatic carbocycles. The summed E-state index contributed by atoms with van der Waals surface area (Å²) in [4.78, 5) is 4.66. The number of nitrogens with zero attached hydrogens (tertiary/aromatic N) is 1. The first-order valence-corrected chi connectivity index (χ1v) is 9.97. The summed E-state index contributed by atoms with van der Waals surface area (Å²) in [5.41, 5.74) is 2.29. The van der Waals surface area contributed by atoms with Gasteiger partial charge < -0.3 is 0 Å². The fourth-order valence-corrected chi connectivity index (χ4v) is 6.00. The first kappa shape index (κ1) is 13.9. The highest BCUT2D eigenvalue weighted by molar-refractivity contribution is 7.26. The average Bonchev–Trinajstić information content (AvgIpc) is 3.13. The van der Waals surface area contributed by atoms with E-state index < -0.39 is 0 Å². The van der Waals surface area contributed by atoms with Gasteiger partial charge in [-0.05, 0) is 56.6 Å². The van der Waals surface area contributed by atoms with Crippen molar-refractivity contribution in [2.45, 2.75) is 0 Å². The molecule has 2 heteroatoms. The summed E-state index contributed by atoms with van der Waals surface area (Å²) in [6, 6.07) is 26.4. The third kappa shape index (κ3) is 1.62. The number of hydrogen-bond acceptors (Lipinski definition) is 2. The molecule has 0 N–H and O–H groups in total. The maximum absolute atomic E-state index is 4.66. The highest BCUT2D eigenvalue weighted by atomic mass is 32.1. The van der Waals surface area contributed by atoms with Crippen LogP contribution in [0.5, 0.6) is 0 Å². The van der Waals surface area contributed by atoms with Gasteiger partial charge in [0, 0.05) is 31.9 Å². The number of benzene rings is 5. The lowest BCUT2D eigenvalue weighted by Gasteiger charge is -2.15. The van der Waals surface area contributed by atoms with E-state index in [4.69, 9.17) is 0 Å². The van der Waals surface area contributed by atoms with Crippen molar-refractivity contribution < 1.29 is 0 Å². The van der Waals surface area contributed by atoms with Crippen LogP contribution in [0.15, 0.2) is 79.0 Å². The van der Waals surface area contributed by atoms with Crippen molar-refractivity contribution in [3.63, 3.8) is 0 Å². The van der Waals surface area contributed by atoms with Crippen molar-refractivity contribution in [2.75, 3.05) is 0 Å². The zero-order chi connectivity index (χ0) is 17.5. The summed E-state index contributed by atoms with van der Waals surface area (Å²) in [7, 11) is 0. The normalized spacial score (nSPS) is 12.4. The molecular formula is C25H13NS. The largest absolute Gasteiger partial charge is 0.256 e. The molecule has 0 amide bonds. The number of pyridine rings is 1. The Morgan fingerprint density at radius 1 is 0.630 bits per heavy atom. The van der Waals surface area contributed by atoms with Crippen LogP contribution in [0.25, 0.3) is 63.7 Å². The summed E-state index contributed by atoms with van der Waals surface area (Å²) in [6.07, 6.45) is 1.88. The summed E-state index contributed by atoms with van der Waals surface area (Å²) in [6.45, 7) is 0. The van der Waals surface area contributed by atoms with Crippen molar-refractivity contribution in [2.24, 2.45) is 0 Å². The fourth-order valence-electron chi connectivity index (χ4n) is 4.74. The molecule has 7 aromatic rings. The molecule has 0 unspecified atom stereocenters. The maximum atomic E-state index is 4.66. The van der Waals surface area contributed by atoms with Crippen LogP contribution in [0.1, 0.15) is 0 Å². The molecule has 2 heterocycles. The quantitative estimate of drug-likeness (QED) is 0.219. The molecule has 0 aliphatic carbocycles. The second-order valence-corrected chi connectivity index (χ2v) is 8.24. The second-order valence-electron chi connectivity index (χ2n) is 7.19. The van der Waals surface area contributed by atoms with Crippen LogP contribution in [0, 0.1) is 0 Å². The van der Waals surface area contributed by atoms with Gasteiger partial charge in [0.15, 0.2) is 0 Å². The van der Waals surface area contributed by atoms with Gasteiger partial charge in [-0.25, -0.2) is 0 Å². The lowest BCUT2D eigenvalue weighted by molar-refractivity contribution is 1.34. The standard InChI is InChI=1S/C25H13NS/c1-2-12-26-19(8-1)18-13-15-11-10-14-5-3-6-16-17-7-4-9-20-23(17)24(25(18)27-20)22(15)21(14)16/h1-13H. The summed E-state index contributed by atoms with van der Waals surface area (Å²) < 4.78 is 2.71. The SMILES string of the molecule is c1ccc(-c2cc3ccc4cccc5c6cccc7sc2c(c76)c3c45)nc1. The lowest BCUT2D eigenvalue weighted by Crippen LogP contribution is -1.88. The lowest BCUT2D eigenvalue weighted by atomic mass is 9.88. The van der Waals surface area contributed by atoms with E-state index in [-0.39, 0.29) is 0 Å². The Morgan fingerprint density at radius 3 is 2.37 bits per heavy atom. The molecule has 0 saturated carbocycles. The van der Waals surface area contributed by atoms with Crippen molar-refractivity contribution in [1.82, 2.24) is 4.98 Å². The highest BCUT2D eigenvalue weighted by Crippen LogP contribution is 2.50. The fraction of sp³-hybridized carbons (Fsp3) is 0. The molecule has 0 atom stereocenters. The van der Waals surface area contributed by atoms with E-state index >= 15 is 0 Å². The smallest absolute Gasteiger partial charge is 0.0716 e. The van der Waals surface area contributed by atoms with E-state index in [1.807, 2.05) is 23.6 Å². The number of fused-ring (bicyclic) bond motifs is 1. The van der Waals surface area contributed by atoms with Crippen molar-refractivity contribution in [3.8, 4) is 11.3 Å². The molecule has 0 radical (unpaired) electrons. The van der Waals surface area contributed by atoms with Gasteiger partial charge >= 0.3 is 0 Å². The minimum atomic E-state index is 1.05. The molecule has 1 nitrogen and oxygen atoms in total. The first-order chi connectivity index (χ1) is 13.4. The van der Waals surface area contributed by atoms with Crippen LogP contribution >= 0.6 is 11.3 Å². The highest BCUT2D eigenvalue weighted by Gasteiger charge is 2.21. The Balaban J connectivity index is 1.87. The van der Waals surface area contributed by atoms with E-state index in [1.165, 1.54) is 58.1 Å². The number of hydrogen-bond donors (Lipinski definition) is 0. The van der Waals surface area contributed by atoms with E-state index in [2.05, 4.69) is 71.7 Å². The van der Waals surface area contributed by atoms with E-state index in [9.17, 15) is 0 Å². The molecule has 0 spiro atoms. The van der Waals surface area contributed by atoms with Gasteiger partial charge in [0.25, 0.3) is 0 Å². The molecule has 27 heavy (non-hydrogen) atoms. The van der Waals surface area contributed by atoms with Gasteiger partial charge in [-0.2, -0.15) is 0 Å². The minimum absolute atomic E-state index is 1.05. The van der Waals surface area contributed by atoms with Crippen LogP contribution in [0.4, 0.5) is 0 Å². The van der Waals surface area contributed by atoms with Crippen LogP contribution in [-0.4, -0.2) is 4.98 Å². The topological polar surface area (TPSA) is 12.9 Å². The number of thiophene rings is 1. The molecule has 0 aliphatic heterocycles. The molecule has 0 fully saturated rings. The van der Waals surface area contributed by atoms with Gasteiger partial charge in [-0.3, -0.25) is 4.98 Å². The minimum Gasteiger partial charge on any atom is -0.256 e. The predicted octanol–water partition coefficient (Wildman–Crippen LogP) is 7.45.